The maximum Gasteiger partial charge on any atom is 0.280 e. The maximum absolute atomic E-state index is 12.0. The molecule has 0 fully saturated rings. The first-order valence-electron chi connectivity index (χ1n) is 5.53. The molecular formula is C12H14N2O3. The molecule has 2 amide bonds. The predicted octanol–water partition coefficient (Wildman–Crippen LogP) is 0.837. The van der Waals surface area contributed by atoms with Crippen molar-refractivity contribution in [3.63, 3.8) is 0 Å². The van der Waals surface area contributed by atoms with Gasteiger partial charge in [-0.2, -0.15) is 0 Å². The molecule has 2 heterocycles. The van der Waals surface area contributed by atoms with E-state index in [1.807, 2.05) is 0 Å². The Labute approximate surface area is 99.1 Å². The molecule has 1 aliphatic rings. The van der Waals surface area contributed by atoms with Crippen LogP contribution >= 0.6 is 0 Å². The summed E-state index contributed by atoms with van der Waals surface area (Å²) in [6, 6.07) is 2.90. The minimum atomic E-state index is -0.553. The molecule has 1 aromatic heterocycles. The van der Waals surface area contributed by atoms with Crippen molar-refractivity contribution in [3.05, 3.63) is 29.6 Å². The highest BCUT2D eigenvalue weighted by molar-refractivity contribution is 6.20. The van der Waals surface area contributed by atoms with Gasteiger partial charge in [0, 0.05) is 12.2 Å². The van der Waals surface area contributed by atoms with Crippen LogP contribution in [0.2, 0.25) is 0 Å². The average molecular weight is 234 g/mol. The van der Waals surface area contributed by atoms with E-state index >= 15 is 0 Å². The van der Waals surface area contributed by atoms with Crippen LogP contribution in [0.4, 0.5) is 0 Å². The van der Waals surface area contributed by atoms with Crippen molar-refractivity contribution < 1.29 is 14.7 Å². The van der Waals surface area contributed by atoms with Gasteiger partial charge in [-0.1, -0.05) is 0 Å². The van der Waals surface area contributed by atoms with Gasteiger partial charge in [-0.25, -0.2) is 0 Å². The summed E-state index contributed by atoms with van der Waals surface area (Å²) in [4.78, 5) is 29.1. The minimum Gasteiger partial charge on any atom is -0.393 e. The topological polar surface area (TPSA) is 70.5 Å². The Hall–Kier alpha value is -1.75. The molecule has 0 aromatic carbocycles. The molecule has 17 heavy (non-hydrogen) atoms. The largest absolute Gasteiger partial charge is 0.393 e. The highest BCUT2D eigenvalue weighted by Gasteiger charge is 2.39. The summed E-state index contributed by atoms with van der Waals surface area (Å²) in [6.45, 7) is 3.38. The number of aromatic nitrogens is 1. The number of aliphatic hydroxyl groups excluding tert-OH is 1. The van der Waals surface area contributed by atoms with Crippen LogP contribution < -0.4 is 0 Å². The molecule has 1 aromatic rings. The highest BCUT2D eigenvalue weighted by Crippen LogP contribution is 2.24. The zero-order valence-corrected chi connectivity index (χ0v) is 9.75. The van der Waals surface area contributed by atoms with Crippen molar-refractivity contribution >= 4 is 11.8 Å². The van der Waals surface area contributed by atoms with Gasteiger partial charge in [0.15, 0.2) is 0 Å². The molecule has 2 unspecified atom stereocenters. The summed E-state index contributed by atoms with van der Waals surface area (Å²) in [5.74, 6) is -0.704. The molecular weight excluding hydrogens is 220 g/mol. The molecule has 5 nitrogen and oxygen atoms in total. The van der Waals surface area contributed by atoms with Gasteiger partial charge in [0.2, 0.25) is 0 Å². The second-order valence-electron chi connectivity index (χ2n) is 4.31. The number of rotatable bonds is 3. The van der Waals surface area contributed by atoms with Gasteiger partial charge in [-0.05, 0) is 32.4 Å². The molecule has 0 radical (unpaired) electrons. The van der Waals surface area contributed by atoms with Crippen LogP contribution in [-0.4, -0.2) is 39.0 Å². The second kappa shape index (κ2) is 4.25. The Kier molecular flexibility index (Phi) is 2.93. The third kappa shape index (κ3) is 1.93. The quantitative estimate of drug-likeness (QED) is 0.787. The molecule has 0 spiro atoms. The third-order valence-corrected chi connectivity index (χ3v) is 2.80. The van der Waals surface area contributed by atoms with Crippen molar-refractivity contribution in [2.45, 2.75) is 32.4 Å². The van der Waals surface area contributed by atoms with Crippen molar-refractivity contribution in [1.82, 2.24) is 9.88 Å². The molecule has 0 saturated heterocycles. The van der Waals surface area contributed by atoms with Crippen LogP contribution in [0.1, 0.15) is 41.1 Å². The summed E-state index contributed by atoms with van der Waals surface area (Å²) in [6.07, 6.45) is 1.31. The number of fused-ring (bicyclic) bond motifs is 1. The number of carbonyl (C=O) groups is 2. The molecule has 0 aliphatic carbocycles. The number of pyridine rings is 1. The Balaban J connectivity index is 2.30. The van der Waals surface area contributed by atoms with Gasteiger partial charge in [-0.3, -0.25) is 19.5 Å². The van der Waals surface area contributed by atoms with Crippen LogP contribution in [0.15, 0.2) is 18.3 Å². The van der Waals surface area contributed by atoms with Gasteiger partial charge in [0.1, 0.15) is 5.69 Å². The average Bonchev–Trinajstić information content (AvgIpc) is 2.51. The third-order valence-electron chi connectivity index (χ3n) is 2.80. The summed E-state index contributed by atoms with van der Waals surface area (Å²) in [5.41, 5.74) is 0.546. The first-order valence-corrected chi connectivity index (χ1v) is 5.53. The van der Waals surface area contributed by atoms with E-state index in [4.69, 9.17) is 0 Å². The molecule has 2 rings (SSSR count). The highest BCUT2D eigenvalue weighted by atomic mass is 16.3. The van der Waals surface area contributed by atoms with E-state index in [1.54, 1.807) is 26.0 Å². The van der Waals surface area contributed by atoms with Crippen LogP contribution in [0.5, 0.6) is 0 Å². The number of aliphatic hydroxyl groups is 1. The minimum absolute atomic E-state index is 0.204. The van der Waals surface area contributed by atoms with E-state index in [9.17, 15) is 14.7 Å². The Morgan fingerprint density at radius 2 is 2.06 bits per heavy atom. The number of hydrogen-bond donors (Lipinski definition) is 1. The second-order valence-corrected chi connectivity index (χ2v) is 4.31. The lowest BCUT2D eigenvalue weighted by Crippen LogP contribution is -2.39. The lowest BCUT2D eigenvalue weighted by molar-refractivity contribution is 0.0544. The fourth-order valence-corrected chi connectivity index (χ4v) is 2.08. The molecule has 0 saturated carbocycles. The first-order chi connectivity index (χ1) is 8.02. The van der Waals surface area contributed by atoms with E-state index in [-0.39, 0.29) is 23.6 Å². The van der Waals surface area contributed by atoms with E-state index in [0.29, 0.717) is 12.0 Å². The lowest BCUT2D eigenvalue weighted by Gasteiger charge is -2.23. The summed E-state index contributed by atoms with van der Waals surface area (Å²) in [5, 5.41) is 9.31. The SMILES string of the molecule is CC(O)CC(C)N1C(=O)c2cccnc2C1=O. The molecule has 90 valence electrons. The summed E-state index contributed by atoms with van der Waals surface area (Å²) >= 11 is 0. The van der Waals surface area contributed by atoms with E-state index in [0.717, 1.165) is 0 Å². The Morgan fingerprint density at radius 3 is 2.65 bits per heavy atom. The normalized spacial score (nSPS) is 18.2. The maximum atomic E-state index is 12.0. The van der Waals surface area contributed by atoms with Crippen LogP contribution in [0.3, 0.4) is 0 Å². The standard InChI is InChI=1S/C12H14N2O3/c1-7(6-8(2)15)14-11(16)9-4-3-5-13-10(9)12(14)17/h3-5,7-8,15H,6H2,1-2H3. The van der Waals surface area contributed by atoms with E-state index < -0.39 is 6.10 Å². The monoisotopic (exact) mass is 234 g/mol. The lowest BCUT2D eigenvalue weighted by atomic mass is 10.1. The fraction of sp³-hybridized carbons (Fsp3) is 0.417. The van der Waals surface area contributed by atoms with Crippen LogP contribution in [0, 0.1) is 0 Å². The summed E-state index contributed by atoms with van der Waals surface area (Å²) < 4.78 is 0. The van der Waals surface area contributed by atoms with Gasteiger partial charge in [0.05, 0.1) is 11.7 Å². The number of hydrogen-bond acceptors (Lipinski definition) is 4. The smallest absolute Gasteiger partial charge is 0.280 e. The number of imide groups is 1. The van der Waals surface area contributed by atoms with E-state index in [2.05, 4.69) is 4.98 Å². The number of nitrogens with zero attached hydrogens (tertiary/aromatic N) is 2. The van der Waals surface area contributed by atoms with Gasteiger partial charge >= 0.3 is 0 Å². The number of carbonyl (C=O) groups excluding carboxylic acids is 2. The first kappa shape index (κ1) is 11.7. The number of amides is 2. The van der Waals surface area contributed by atoms with Gasteiger partial charge in [0.25, 0.3) is 11.8 Å². The Morgan fingerprint density at radius 1 is 1.35 bits per heavy atom. The van der Waals surface area contributed by atoms with Crippen LogP contribution in [-0.2, 0) is 0 Å². The molecule has 2 atom stereocenters. The zero-order valence-electron chi connectivity index (χ0n) is 9.75. The van der Waals surface area contributed by atoms with Crippen molar-refractivity contribution in [2.75, 3.05) is 0 Å². The molecule has 1 N–H and O–H groups in total. The molecule has 1 aliphatic heterocycles. The van der Waals surface area contributed by atoms with E-state index in [1.165, 1.54) is 11.1 Å². The van der Waals surface area contributed by atoms with Crippen LogP contribution in [0.25, 0.3) is 0 Å². The van der Waals surface area contributed by atoms with Crippen molar-refractivity contribution in [3.8, 4) is 0 Å². The fourth-order valence-electron chi connectivity index (χ4n) is 2.08. The molecule has 5 heteroatoms. The predicted molar refractivity (Wildman–Crippen MR) is 60.5 cm³/mol. The summed E-state index contributed by atoms with van der Waals surface area (Å²) in [7, 11) is 0. The van der Waals surface area contributed by atoms with Gasteiger partial charge in [-0.15, -0.1) is 0 Å². The van der Waals surface area contributed by atoms with Crippen molar-refractivity contribution in [1.29, 1.82) is 0 Å². The van der Waals surface area contributed by atoms with Crippen molar-refractivity contribution in [2.24, 2.45) is 0 Å². The molecule has 0 bridgehead atoms. The van der Waals surface area contributed by atoms with Gasteiger partial charge < -0.3 is 5.11 Å². The Bertz CT molecular complexity index is 436. The zero-order chi connectivity index (χ0) is 12.6.